The second-order valence-corrected chi connectivity index (χ2v) is 9.26. The van der Waals surface area contributed by atoms with Crippen molar-refractivity contribution in [3.8, 4) is 0 Å². The van der Waals surface area contributed by atoms with E-state index in [1.807, 2.05) is 6.92 Å². The van der Waals surface area contributed by atoms with Gasteiger partial charge in [-0.05, 0) is 38.9 Å². The first kappa shape index (κ1) is 23.3. The van der Waals surface area contributed by atoms with Gasteiger partial charge in [-0.2, -0.15) is 0 Å². The van der Waals surface area contributed by atoms with Gasteiger partial charge < -0.3 is 15.3 Å². The maximum Gasteiger partial charge on any atom is 0.321 e. The number of carbonyl (C=O) groups excluding carboxylic acids is 2. The Bertz CT molecular complexity index is 541. The van der Waals surface area contributed by atoms with Crippen LogP contribution in [0.3, 0.4) is 0 Å². The minimum Gasteiger partial charge on any atom is -0.431 e. The van der Waals surface area contributed by atoms with Gasteiger partial charge in [0.25, 0.3) is 0 Å². The molecule has 5 atom stereocenters. The number of halogens is 2. The summed E-state index contributed by atoms with van der Waals surface area (Å²) in [6, 6.07) is 0. The van der Waals surface area contributed by atoms with Gasteiger partial charge in [-0.25, -0.2) is 0 Å². The van der Waals surface area contributed by atoms with Gasteiger partial charge in [0.15, 0.2) is 0 Å². The van der Waals surface area contributed by atoms with Crippen LogP contribution < -0.4 is 10.6 Å². The van der Waals surface area contributed by atoms with Crippen molar-refractivity contribution in [3.63, 3.8) is 0 Å². The molecule has 0 aromatic rings. The van der Waals surface area contributed by atoms with Crippen molar-refractivity contribution in [2.45, 2.75) is 76.1 Å². The van der Waals surface area contributed by atoms with E-state index in [1.165, 1.54) is 0 Å². The van der Waals surface area contributed by atoms with Crippen molar-refractivity contribution in [3.05, 3.63) is 12.2 Å². The van der Waals surface area contributed by atoms with E-state index in [4.69, 9.17) is 27.9 Å². The van der Waals surface area contributed by atoms with E-state index in [0.29, 0.717) is 11.7 Å². The van der Waals surface area contributed by atoms with Gasteiger partial charge >= 0.3 is 6.92 Å². The maximum atomic E-state index is 12.3. The molecule has 1 aliphatic rings. The lowest BCUT2D eigenvalue weighted by atomic mass is 9.43. The van der Waals surface area contributed by atoms with Crippen molar-refractivity contribution in [2.75, 3.05) is 6.54 Å². The van der Waals surface area contributed by atoms with Crippen LogP contribution in [0.25, 0.3) is 0 Å². The summed E-state index contributed by atoms with van der Waals surface area (Å²) in [7, 11) is 0. The maximum absolute atomic E-state index is 12.3. The molecule has 0 bridgehead atoms. The third-order valence-corrected chi connectivity index (χ3v) is 6.22. The average Bonchev–Trinajstić information content (AvgIpc) is 2.55. The molecule has 0 aliphatic carbocycles. The standard InChI is InChI=1S/C18H31BCl2N2O3/c1-10(2)8-15(19-12(4)13(5)26-19)23-16(24)9-22-17(25)11(3)18(7,21)14(6)20/h10,12-15H,3,8-9H2,1-2,4-7H3,(H,22,25)(H,23,24)/t12?,13?,14?,15-,18?/m0/s1. The van der Waals surface area contributed by atoms with Crippen LogP contribution in [-0.2, 0) is 14.2 Å². The van der Waals surface area contributed by atoms with E-state index in [2.05, 4.69) is 38.0 Å². The summed E-state index contributed by atoms with van der Waals surface area (Å²) in [5, 5.41) is 5.07. The van der Waals surface area contributed by atoms with Gasteiger partial charge in [0.2, 0.25) is 11.8 Å². The zero-order chi connectivity index (χ0) is 20.2. The van der Waals surface area contributed by atoms with Gasteiger partial charge in [0.05, 0.1) is 16.8 Å². The Balaban J connectivity index is 2.58. The first-order valence-corrected chi connectivity index (χ1v) is 9.94. The van der Waals surface area contributed by atoms with Gasteiger partial charge in [0, 0.05) is 17.6 Å². The molecule has 4 unspecified atom stereocenters. The van der Waals surface area contributed by atoms with Gasteiger partial charge in [-0.15, -0.1) is 23.2 Å². The minimum absolute atomic E-state index is 0.00486. The lowest BCUT2D eigenvalue weighted by Crippen LogP contribution is -2.60. The van der Waals surface area contributed by atoms with Crippen LogP contribution in [0, 0.1) is 5.92 Å². The molecule has 2 N–H and O–H groups in total. The number of hydrogen-bond donors (Lipinski definition) is 2. The predicted molar refractivity (Wildman–Crippen MR) is 109 cm³/mol. The Labute approximate surface area is 167 Å². The summed E-state index contributed by atoms with van der Waals surface area (Å²) in [5.74, 6) is -0.0103. The molecule has 26 heavy (non-hydrogen) atoms. The van der Waals surface area contributed by atoms with Crippen LogP contribution in [0.15, 0.2) is 12.2 Å². The van der Waals surface area contributed by atoms with Crippen molar-refractivity contribution >= 4 is 41.9 Å². The van der Waals surface area contributed by atoms with Crippen molar-refractivity contribution < 1.29 is 14.2 Å². The predicted octanol–water partition coefficient (Wildman–Crippen LogP) is 3.15. The molecule has 0 spiro atoms. The van der Waals surface area contributed by atoms with Crippen LogP contribution in [0.1, 0.15) is 48.0 Å². The number of alkyl halides is 2. The third-order valence-electron chi connectivity index (χ3n) is 5.12. The van der Waals surface area contributed by atoms with E-state index in [0.717, 1.165) is 6.42 Å². The smallest absolute Gasteiger partial charge is 0.321 e. The minimum atomic E-state index is -1.08. The number of amides is 2. The van der Waals surface area contributed by atoms with Crippen LogP contribution in [-0.4, -0.2) is 47.6 Å². The fourth-order valence-corrected chi connectivity index (χ4v) is 3.12. The summed E-state index contributed by atoms with van der Waals surface area (Å²) in [6.07, 6.45) is 1.02. The van der Waals surface area contributed by atoms with Crippen LogP contribution in [0.5, 0.6) is 0 Å². The van der Waals surface area contributed by atoms with Gasteiger partial charge in [-0.3, -0.25) is 9.59 Å². The normalized spacial score (nSPS) is 24.3. The first-order valence-electron chi connectivity index (χ1n) is 9.13. The molecule has 1 rings (SSSR count). The number of carbonyl (C=O) groups is 2. The lowest BCUT2D eigenvalue weighted by Gasteiger charge is -2.43. The lowest BCUT2D eigenvalue weighted by molar-refractivity contribution is -0.124. The molecule has 0 aromatic heterocycles. The van der Waals surface area contributed by atoms with E-state index >= 15 is 0 Å². The number of hydrogen-bond acceptors (Lipinski definition) is 3. The Kier molecular flexibility index (Phi) is 8.50. The molecule has 1 saturated heterocycles. The molecular formula is C18H31BCl2N2O3. The SMILES string of the molecule is C=C(C(=O)NCC(=O)N[C@@H](CC(C)C)B1OC(C)C1C)C(C)(Cl)C(C)Cl. The second kappa shape index (κ2) is 9.47. The first-order chi connectivity index (χ1) is 11.9. The summed E-state index contributed by atoms with van der Waals surface area (Å²) >= 11 is 12.3. The van der Waals surface area contributed by atoms with E-state index in [9.17, 15) is 9.59 Å². The van der Waals surface area contributed by atoms with Crippen molar-refractivity contribution in [2.24, 2.45) is 5.92 Å². The molecule has 1 aliphatic heterocycles. The molecule has 1 heterocycles. The molecule has 0 radical (unpaired) electrons. The van der Waals surface area contributed by atoms with Gasteiger partial charge in [-0.1, -0.05) is 27.4 Å². The summed E-state index contributed by atoms with van der Waals surface area (Å²) in [5.41, 5.74) is 0.137. The zero-order valence-electron chi connectivity index (χ0n) is 16.6. The average molecular weight is 405 g/mol. The fourth-order valence-electron chi connectivity index (χ4n) is 2.90. The van der Waals surface area contributed by atoms with Crippen LogP contribution >= 0.6 is 23.2 Å². The van der Waals surface area contributed by atoms with E-state index in [-0.39, 0.29) is 37.0 Å². The highest BCUT2D eigenvalue weighted by Gasteiger charge is 2.46. The monoisotopic (exact) mass is 404 g/mol. The fraction of sp³-hybridized carbons (Fsp3) is 0.778. The highest BCUT2D eigenvalue weighted by atomic mass is 35.5. The molecule has 5 nitrogen and oxygen atoms in total. The third kappa shape index (κ3) is 5.90. The molecule has 2 amide bonds. The van der Waals surface area contributed by atoms with Crippen molar-refractivity contribution in [1.29, 1.82) is 0 Å². The Morgan fingerprint density at radius 2 is 1.88 bits per heavy atom. The Morgan fingerprint density at radius 1 is 1.31 bits per heavy atom. The Morgan fingerprint density at radius 3 is 2.31 bits per heavy atom. The molecule has 0 saturated carbocycles. The topological polar surface area (TPSA) is 67.4 Å². The number of rotatable bonds is 9. The zero-order valence-corrected chi connectivity index (χ0v) is 18.1. The largest absolute Gasteiger partial charge is 0.431 e. The molecule has 1 fully saturated rings. The molecule has 0 aromatic carbocycles. The molecule has 148 valence electrons. The molecular weight excluding hydrogens is 374 g/mol. The quantitative estimate of drug-likeness (QED) is 0.352. The summed E-state index contributed by atoms with van der Waals surface area (Å²) < 4.78 is 5.80. The van der Waals surface area contributed by atoms with Crippen LogP contribution in [0.2, 0.25) is 5.82 Å². The highest BCUT2D eigenvalue weighted by Crippen LogP contribution is 2.34. The van der Waals surface area contributed by atoms with E-state index < -0.39 is 16.2 Å². The summed E-state index contributed by atoms with van der Waals surface area (Å²) in [4.78, 5) is 23.4. The Hall–Kier alpha value is -0.715. The molecule has 8 heteroatoms. The van der Waals surface area contributed by atoms with Gasteiger partial charge in [0.1, 0.15) is 0 Å². The van der Waals surface area contributed by atoms with Crippen LogP contribution in [0.4, 0.5) is 0 Å². The second-order valence-electron chi connectivity index (χ2n) is 7.82. The highest BCUT2D eigenvalue weighted by molar-refractivity contribution is 6.58. The van der Waals surface area contributed by atoms with E-state index in [1.54, 1.807) is 13.8 Å². The summed E-state index contributed by atoms with van der Waals surface area (Å²) in [6.45, 7) is 15.3. The number of nitrogens with one attached hydrogen (secondary N) is 2. The van der Waals surface area contributed by atoms with Crippen molar-refractivity contribution in [1.82, 2.24) is 10.6 Å².